The lowest BCUT2D eigenvalue weighted by Crippen LogP contribution is -2.34. The van der Waals surface area contributed by atoms with E-state index < -0.39 is 0 Å². The summed E-state index contributed by atoms with van der Waals surface area (Å²) in [5, 5.41) is 1.09. The number of hydrogen-bond acceptors (Lipinski definition) is 4. The van der Waals surface area contributed by atoms with Gasteiger partial charge in [-0.05, 0) is 31.7 Å². The van der Waals surface area contributed by atoms with Crippen LogP contribution in [0.15, 0.2) is 30.3 Å². The van der Waals surface area contributed by atoms with E-state index in [9.17, 15) is 4.79 Å². The van der Waals surface area contributed by atoms with Crippen LogP contribution in [0, 0.1) is 6.92 Å². The van der Waals surface area contributed by atoms with Crippen molar-refractivity contribution < 1.29 is 4.79 Å². The summed E-state index contributed by atoms with van der Waals surface area (Å²) < 4.78 is 0. The molecule has 0 spiro atoms. The lowest BCUT2D eigenvalue weighted by Gasteiger charge is -2.31. The van der Waals surface area contributed by atoms with Crippen LogP contribution in [0.4, 0.5) is 0 Å². The lowest BCUT2D eigenvalue weighted by molar-refractivity contribution is -0.132. The van der Waals surface area contributed by atoms with Gasteiger partial charge in [0.15, 0.2) is 0 Å². The zero-order valence-corrected chi connectivity index (χ0v) is 14.5. The summed E-state index contributed by atoms with van der Waals surface area (Å²) >= 11 is 1.72. The fraction of sp³-hybridized carbons (Fsp3) is 0.444. The van der Waals surface area contributed by atoms with Crippen LogP contribution in [-0.4, -0.2) is 22.8 Å². The molecule has 23 heavy (non-hydrogen) atoms. The number of carbonyl (C=O) groups excluding carboxylic acids is 1. The standard InChI is InChI=1S/C18H23N3OS/c1-12-20-15-9-6-10-16(18(15)23-12)21(2)17(22)11-14(19)13-7-4-3-5-8-13/h3-5,7-8,14,16H,6,9-11,19H2,1-2H3. The van der Waals surface area contributed by atoms with Gasteiger partial charge in [-0.2, -0.15) is 0 Å². The Morgan fingerprint density at radius 2 is 2.17 bits per heavy atom. The predicted octanol–water partition coefficient (Wildman–Crippen LogP) is 3.38. The third kappa shape index (κ3) is 3.46. The van der Waals surface area contributed by atoms with E-state index in [2.05, 4.69) is 4.98 Å². The maximum Gasteiger partial charge on any atom is 0.224 e. The highest BCUT2D eigenvalue weighted by atomic mass is 32.1. The fourth-order valence-electron chi connectivity index (χ4n) is 3.21. The van der Waals surface area contributed by atoms with Crippen LogP contribution in [-0.2, 0) is 11.2 Å². The molecule has 5 heteroatoms. The summed E-state index contributed by atoms with van der Waals surface area (Å²) in [6, 6.07) is 9.72. The van der Waals surface area contributed by atoms with Crippen LogP contribution in [0.3, 0.4) is 0 Å². The van der Waals surface area contributed by atoms with E-state index in [1.807, 2.05) is 49.2 Å². The van der Waals surface area contributed by atoms with Crippen molar-refractivity contribution in [3.8, 4) is 0 Å². The molecule has 0 bridgehead atoms. The summed E-state index contributed by atoms with van der Waals surface area (Å²) in [6.45, 7) is 2.03. The van der Waals surface area contributed by atoms with E-state index in [0.29, 0.717) is 6.42 Å². The summed E-state index contributed by atoms with van der Waals surface area (Å²) in [5.74, 6) is 0.102. The van der Waals surface area contributed by atoms with Gasteiger partial charge in [-0.1, -0.05) is 30.3 Å². The molecule has 0 fully saturated rings. The second kappa shape index (κ2) is 6.81. The summed E-state index contributed by atoms with van der Waals surface area (Å²) in [7, 11) is 1.90. The highest BCUT2D eigenvalue weighted by Gasteiger charge is 2.30. The number of amides is 1. The average Bonchev–Trinajstić information content (AvgIpc) is 2.95. The van der Waals surface area contributed by atoms with E-state index in [-0.39, 0.29) is 18.0 Å². The molecule has 1 aliphatic rings. The molecule has 3 rings (SSSR count). The number of rotatable bonds is 4. The lowest BCUT2D eigenvalue weighted by atomic mass is 9.96. The highest BCUT2D eigenvalue weighted by molar-refractivity contribution is 7.11. The van der Waals surface area contributed by atoms with Crippen LogP contribution in [0.1, 0.15) is 52.5 Å². The SMILES string of the molecule is Cc1nc2c(s1)C(N(C)C(=O)CC(N)c1ccccc1)CCC2. The number of thiazole rings is 1. The Morgan fingerprint density at radius 1 is 1.43 bits per heavy atom. The Bertz CT molecular complexity index is 683. The van der Waals surface area contributed by atoms with Crippen molar-refractivity contribution in [2.45, 2.75) is 44.7 Å². The smallest absolute Gasteiger partial charge is 0.224 e. The molecule has 2 atom stereocenters. The normalized spacial score (nSPS) is 18.3. The van der Waals surface area contributed by atoms with Gasteiger partial charge < -0.3 is 10.6 Å². The van der Waals surface area contributed by atoms with Crippen LogP contribution in [0.25, 0.3) is 0 Å². The van der Waals surface area contributed by atoms with Gasteiger partial charge in [0.05, 0.1) is 21.6 Å². The van der Waals surface area contributed by atoms with Gasteiger partial charge in [0.2, 0.25) is 5.91 Å². The van der Waals surface area contributed by atoms with Crippen molar-refractivity contribution in [1.29, 1.82) is 0 Å². The topological polar surface area (TPSA) is 59.2 Å². The largest absolute Gasteiger partial charge is 0.338 e. The second-order valence-corrected chi connectivity index (χ2v) is 7.41. The molecule has 1 heterocycles. The molecule has 0 radical (unpaired) electrons. The van der Waals surface area contributed by atoms with E-state index in [1.54, 1.807) is 11.3 Å². The minimum atomic E-state index is -0.252. The highest BCUT2D eigenvalue weighted by Crippen LogP contribution is 2.37. The van der Waals surface area contributed by atoms with Crippen molar-refractivity contribution >= 4 is 17.2 Å². The van der Waals surface area contributed by atoms with Gasteiger partial charge in [-0.25, -0.2) is 4.98 Å². The molecule has 2 N–H and O–H groups in total. The Morgan fingerprint density at radius 3 is 2.91 bits per heavy atom. The zero-order chi connectivity index (χ0) is 16.4. The third-order valence-corrected chi connectivity index (χ3v) is 5.63. The number of carbonyl (C=O) groups is 1. The summed E-state index contributed by atoms with van der Waals surface area (Å²) in [6.07, 6.45) is 3.46. The number of aromatic nitrogens is 1. The van der Waals surface area contributed by atoms with Gasteiger partial charge in [-0.3, -0.25) is 4.79 Å². The molecule has 2 aromatic rings. The van der Waals surface area contributed by atoms with Crippen molar-refractivity contribution in [2.75, 3.05) is 7.05 Å². The Labute approximate surface area is 141 Å². The fourth-order valence-corrected chi connectivity index (χ4v) is 4.36. The zero-order valence-electron chi connectivity index (χ0n) is 13.7. The molecule has 1 amide bonds. The van der Waals surface area contributed by atoms with E-state index >= 15 is 0 Å². The van der Waals surface area contributed by atoms with Gasteiger partial charge in [-0.15, -0.1) is 11.3 Å². The average molecular weight is 329 g/mol. The van der Waals surface area contributed by atoms with Crippen LogP contribution in [0.2, 0.25) is 0 Å². The first-order valence-corrected chi connectivity index (χ1v) is 8.90. The Kier molecular flexibility index (Phi) is 4.78. The van der Waals surface area contributed by atoms with Crippen molar-refractivity contribution in [3.63, 3.8) is 0 Å². The van der Waals surface area contributed by atoms with E-state index in [1.165, 1.54) is 10.6 Å². The maximum absolute atomic E-state index is 12.7. The summed E-state index contributed by atoms with van der Waals surface area (Å²) in [4.78, 5) is 20.4. The van der Waals surface area contributed by atoms with E-state index in [0.717, 1.165) is 29.8 Å². The molecule has 122 valence electrons. The monoisotopic (exact) mass is 329 g/mol. The Hall–Kier alpha value is -1.72. The van der Waals surface area contributed by atoms with Crippen LogP contribution < -0.4 is 5.73 Å². The number of nitrogens with two attached hydrogens (primary N) is 1. The number of fused-ring (bicyclic) bond motifs is 1. The molecule has 0 saturated heterocycles. The molecule has 4 nitrogen and oxygen atoms in total. The first-order valence-electron chi connectivity index (χ1n) is 8.08. The minimum absolute atomic E-state index is 0.102. The molecular formula is C18H23N3OS. The van der Waals surface area contributed by atoms with Crippen molar-refractivity contribution in [3.05, 3.63) is 51.5 Å². The third-order valence-electron chi connectivity index (χ3n) is 4.51. The Balaban J connectivity index is 1.71. The van der Waals surface area contributed by atoms with Crippen molar-refractivity contribution in [1.82, 2.24) is 9.88 Å². The van der Waals surface area contributed by atoms with E-state index in [4.69, 9.17) is 5.73 Å². The number of hydrogen-bond donors (Lipinski definition) is 1. The molecule has 2 unspecified atom stereocenters. The van der Waals surface area contributed by atoms with Gasteiger partial charge >= 0.3 is 0 Å². The molecule has 1 aromatic heterocycles. The van der Waals surface area contributed by atoms with Crippen LogP contribution >= 0.6 is 11.3 Å². The quantitative estimate of drug-likeness (QED) is 0.935. The molecule has 0 saturated carbocycles. The second-order valence-electron chi connectivity index (χ2n) is 6.18. The number of aryl methyl sites for hydroxylation is 2. The van der Waals surface area contributed by atoms with Gasteiger partial charge in [0, 0.05) is 19.5 Å². The van der Waals surface area contributed by atoms with Gasteiger partial charge in [0.25, 0.3) is 0 Å². The maximum atomic E-state index is 12.7. The van der Waals surface area contributed by atoms with Gasteiger partial charge in [0.1, 0.15) is 0 Å². The van der Waals surface area contributed by atoms with Crippen LogP contribution in [0.5, 0.6) is 0 Å². The number of nitrogens with zero attached hydrogens (tertiary/aromatic N) is 2. The first-order chi connectivity index (χ1) is 11.1. The predicted molar refractivity (Wildman–Crippen MR) is 93.3 cm³/mol. The molecule has 0 aliphatic heterocycles. The first kappa shape index (κ1) is 16.1. The molecule has 1 aromatic carbocycles. The minimum Gasteiger partial charge on any atom is -0.338 e. The number of benzene rings is 1. The summed E-state index contributed by atoms with van der Waals surface area (Å²) in [5.41, 5.74) is 8.39. The molecular weight excluding hydrogens is 306 g/mol. The van der Waals surface area contributed by atoms with Crippen molar-refractivity contribution in [2.24, 2.45) is 5.73 Å². The molecule has 1 aliphatic carbocycles.